The number of thiophene rings is 1. The van der Waals surface area contributed by atoms with E-state index in [9.17, 15) is 0 Å². The highest BCUT2D eigenvalue weighted by Crippen LogP contribution is 2.46. The number of hydrogen-bond donors (Lipinski definition) is 0. The molecule has 2 nitrogen and oxygen atoms in total. The van der Waals surface area contributed by atoms with Gasteiger partial charge in [0.05, 0.1) is 16.7 Å². The van der Waals surface area contributed by atoms with E-state index in [1.807, 2.05) is 11.3 Å². The lowest BCUT2D eigenvalue weighted by Crippen LogP contribution is -2.10. The Morgan fingerprint density at radius 2 is 0.895 bits per heavy atom. The first-order chi connectivity index (χ1) is 28.3. The second kappa shape index (κ2) is 12.7. The molecule has 0 spiro atoms. The summed E-state index contributed by atoms with van der Waals surface area (Å²) in [6.07, 6.45) is 0. The van der Waals surface area contributed by atoms with E-state index >= 15 is 0 Å². The molecule has 0 bridgehead atoms. The third-order valence-electron chi connectivity index (χ3n) is 11.8. The van der Waals surface area contributed by atoms with Crippen molar-refractivity contribution in [2.45, 2.75) is 0 Å². The Labute approximate surface area is 333 Å². The highest BCUT2D eigenvalue weighted by atomic mass is 32.1. The van der Waals surface area contributed by atoms with Crippen LogP contribution in [-0.2, 0) is 0 Å². The minimum absolute atomic E-state index is 1.12. The van der Waals surface area contributed by atoms with E-state index in [-0.39, 0.29) is 0 Å². The first-order valence-electron chi connectivity index (χ1n) is 19.5. The lowest BCUT2D eigenvalue weighted by Gasteiger charge is -2.27. The van der Waals surface area contributed by atoms with Crippen LogP contribution in [-0.4, -0.2) is 4.57 Å². The molecular formula is C54H34N2S. The van der Waals surface area contributed by atoms with Crippen LogP contribution in [0.15, 0.2) is 206 Å². The fraction of sp³-hybridized carbons (Fsp3) is 0. The summed E-state index contributed by atoms with van der Waals surface area (Å²) in [5.41, 5.74) is 9.40. The second-order valence-electron chi connectivity index (χ2n) is 14.9. The predicted octanol–water partition coefficient (Wildman–Crippen LogP) is 15.7. The van der Waals surface area contributed by atoms with Crippen molar-refractivity contribution in [1.82, 2.24) is 4.57 Å². The zero-order valence-electron chi connectivity index (χ0n) is 30.9. The van der Waals surface area contributed by atoms with Crippen molar-refractivity contribution in [3.8, 4) is 16.8 Å². The van der Waals surface area contributed by atoms with Gasteiger partial charge in [0, 0.05) is 48.0 Å². The Balaban J connectivity index is 1.01. The lowest BCUT2D eigenvalue weighted by molar-refractivity contribution is 1.18. The quantitative estimate of drug-likeness (QED) is 0.159. The van der Waals surface area contributed by atoms with E-state index in [1.54, 1.807) is 0 Å². The number of aromatic nitrogens is 1. The summed E-state index contributed by atoms with van der Waals surface area (Å²) in [5.74, 6) is 0. The number of para-hydroxylation sites is 2. The summed E-state index contributed by atoms with van der Waals surface area (Å²) in [5, 5.41) is 12.7. The molecule has 0 fully saturated rings. The molecule has 3 heteroatoms. The van der Waals surface area contributed by atoms with E-state index in [0.717, 1.165) is 17.1 Å². The minimum Gasteiger partial charge on any atom is -0.310 e. The molecule has 0 aliphatic heterocycles. The molecule has 0 aliphatic rings. The van der Waals surface area contributed by atoms with Crippen LogP contribution in [0, 0.1) is 0 Å². The molecule has 2 aromatic heterocycles. The third-order valence-corrected chi connectivity index (χ3v) is 12.9. The largest absolute Gasteiger partial charge is 0.310 e. The molecule has 12 aromatic rings. The fourth-order valence-corrected chi connectivity index (χ4v) is 10.3. The smallest absolute Gasteiger partial charge is 0.0554 e. The van der Waals surface area contributed by atoms with Crippen molar-refractivity contribution in [3.05, 3.63) is 206 Å². The molecule has 0 radical (unpaired) electrons. The van der Waals surface area contributed by atoms with Gasteiger partial charge in [0.15, 0.2) is 0 Å². The van der Waals surface area contributed by atoms with Crippen molar-refractivity contribution < 1.29 is 0 Å². The molecular weight excluding hydrogens is 709 g/mol. The van der Waals surface area contributed by atoms with Gasteiger partial charge in [-0.05, 0) is 110 Å². The van der Waals surface area contributed by atoms with Crippen molar-refractivity contribution >= 4 is 103 Å². The van der Waals surface area contributed by atoms with Gasteiger partial charge in [-0.15, -0.1) is 11.3 Å². The van der Waals surface area contributed by atoms with Crippen molar-refractivity contribution in [1.29, 1.82) is 0 Å². The van der Waals surface area contributed by atoms with Gasteiger partial charge >= 0.3 is 0 Å². The average Bonchev–Trinajstić information content (AvgIpc) is 3.83. The SMILES string of the molecule is c1ccc2c(c1)ccc1ccc3ccc(N(c4ccc(-c5ccc(-n6c7ccccc7c7ccccc76)cc5)cc4)c4cccc5sc6ccccc6c45)cc3c12. The van der Waals surface area contributed by atoms with Crippen molar-refractivity contribution in [2.75, 3.05) is 4.90 Å². The number of fused-ring (bicyclic) bond motifs is 11. The molecule has 0 saturated carbocycles. The van der Waals surface area contributed by atoms with Gasteiger partial charge in [-0.2, -0.15) is 0 Å². The Hall–Kier alpha value is -7.20. The first-order valence-corrected chi connectivity index (χ1v) is 20.3. The Morgan fingerprint density at radius 3 is 1.63 bits per heavy atom. The minimum atomic E-state index is 1.12. The fourth-order valence-electron chi connectivity index (χ4n) is 9.13. The van der Waals surface area contributed by atoms with Gasteiger partial charge in [0.1, 0.15) is 0 Å². The average molecular weight is 743 g/mol. The topological polar surface area (TPSA) is 8.17 Å². The number of benzene rings is 10. The van der Waals surface area contributed by atoms with Crippen LogP contribution >= 0.6 is 11.3 Å². The molecule has 0 N–H and O–H groups in total. The van der Waals surface area contributed by atoms with Gasteiger partial charge in [-0.3, -0.25) is 0 Å². The van der Waals surface area contributed by atoms with Gasteiger partial charge in [0.25, 0.3) is 0 Å². The summed E-state index contributed by atoms with van der Waals surface area (Å²) in [6, 6.07) is 75.8. The summed E-state index contributed by atoms with van der Waals surface area (Å²) in [6.45, 7) is 0. The van der Waals surface area contributed by atoms with E-state index in [0.29, 0.717) is 0 Å². The van der Waals surface area contributed by atoms with Crippen LogP contribution in [0.4, 0.5) is 17.1 Å². The monoisotopic (exact) mass is 742 g/mol. The maximum absolute atomic E-state index is 2.46. The van der Waals surface area contributed by atoms with Crippen LogP contribution in [0.3, 0.4) is 0 Å². The number of rotatable bonds is 5. The Kier molecular flexibility index (Phi) is 7.13. The zero-order valence-corrected chi connectivity index (χ0v) is 31.7. The van der Waals surface area contributed by atoms with E-state index in [2.05, 4.69) is 216 Å². The van der Waals surface area contributed by atoms with Crippen molar-refractivity contribution in [2.24, 2.45) is 0 Å². The molecule has 10 aromatic carbocycles. The molecule has 0 atom stereocenters. The van der Waals surface area contributed by atoms with Gasteiger partial charge in [0.2, 0.25) is 0 Å². The van der Waals surface area contributed by atoms with Crippen LogP contribution in [0.5, 0.6) is 0 Å². The second-order valence-corrected chi connectivity index (χ2v) is 16.0. The van der Waals surface area contributed by atoms with E-state index in [4.69, 9.17) is 0 Å². The van der Waals surface area contributed by atoms with E-state index < -0.39 is 0 Å². The number of anilines is 3. The normalized spacial score (nSPS) is 11.9. The molecule has 0 aliphatic carbocycles. The highest BCUT2D eigenvalue weighted by Gasteiger charge is 2.20. The summed E-state index contributed by atoms with van der Waals surface area (Å²) in [7, 11) is 0. The number of hydrogen-bond acceptors (Lipinski definition) is 2. The third kappa shape index (κ3) is 5.03. The zero-order chi connectivity index (χ0) is 37.5. The van der Waals surface area contributed by atoms with Gasteiger partial charge < -0.3 is 9.47 Å². The summed E-state index contributed by atoms with van der Waals surface area (Å²) in [4.78, 5) is 2.46. The van der Waals surface area contributed by atoms with Gasteiger partial charge in [-0.25, -0.2) is 0 Å². The molecule has 0 saturated heterocycles. The lowest BCUT2D eigenvalue weighted by atomic mass is 9.96. The molecule has 0 amide bonds. The van der Waals surface area contributed by atoms with Crippen molar-refractivity contribution in [3.63, 3.8) is 0 Å². The van der Waals surface area contributed by atoms with Crippen LogP contribution in [0.1, 0.15) is 0 Å². The van der Waals surface area contributed by atoms with Gasteiger partial charge in [-0.1, -0.05) is 140 Å². The predicted molar refractivity (Wildman–Crippen MR) is 246 cm³/mol. The Morgan fingerprint density at radius 1 is 0.351 bits per heavy atom. The molecule has 57 heavy (non-hydrogen) atoms. The highest BCUT2D eigenvalue weighted by molar-refractivity contribution is 7.26. The summed E-state index contributed by atoms with van der Waals surface area (Å²) < 4.78 is 4.96. The number of nitrogens with zero attached hydrogens (tertiary/aromatic N) is 2. The molecule has 266 valence electrons. The molecule has 2 heterocycles. The van der Waals surface area contributed by atoms with Crippen LogP contribution in [0.2, 0.25) is 0 Å². The summed E-state index contributed by atoms with van der Waals surface area (Å²) >= 11 is 1.86. The standard InChI is InChI=1S/C54H34N2S/c1-2-11-43-37(10-1)20-22-39-23-21-38-28-33-42(34-47(38)53(39)43)55(50-17-9-19-52-54(50)46-14-5-8-18-51(46)57-52)40-29-24-35(25-30-40)36-26-31-41(32-27-36)56-48-15-6-3-12-44(48)45-13-4-7-16-49(45)56/h1-34H. The van der Waals surface area contributed by atoms with Crippen LogP contribution in [0.25, 0.3) is 91.1 Å². The maximum Gasteiger partial charge on any atom is 0.0554 e. The molecule has 12 rings (SSSR count). The van der Waals surface area contributed by atoms with Crippen LogP contribution < -0.4 is 4.90 Å². The van der Waals surface area contributed by atoms with E-state index in [1.165, 1.54) is 91.1 Å². The Bertz CT molecular complexity index is 3460. The first kappa shape index (κ1) is 32.1. The maximum atomic E-state index is 2.46. The molecule has 0 unspecified atom stereocenters.